The number of sulfonamides is 1. The van der Waals surface area contributed by atoms with Gasteiger partial charge in [0.2, 0.25) is 15.9 Å². The average Bonchev–Trinajstić information content (AvgIpc) is 2.38. The van der Waals surface area contributed by atoms with Crippen molar-refractivity contribution in [3.63, 3.8) is 0 Å². The van der Waals surface area contributed by atoms with Crippen LogP contribution in [0.1, 0.15) is 13.3 Å². The van der Waals surface area contributed by atoms with E-state index in [4.69, 9.17) is 0 Å². The lowest BCUT2D eigenvalue weighted by atomic mass is 10.4. The van der Waals surface area contributed by atoms with Crippen LogP contribution in [-0.4, -0.2) is 50.7 Å². The van der Waals surface area contributed by atoms with E-state index in [1.165, 1.54) is 17.0 Å². The van der Waals surface area contributed by atoms with Crippen molar-refractivity contribution in [3.8, 4) is 0 Å². The van der Waals surface area contributed by atoms with Crippen molar-refractivity contribution in [1.29, 1.82) is 0 Å². The molecule has 0 fully saturated rings. The number of amides is 1. The predicted molar refractivity (Wildman–Crippen MR) is 74.1 cm³/mol. The summed E-state index contributed by atoms with van der Waals surface area (Å²) in [5, 5.41) is 0. The summed E-state index contributed by atoms with van der Waals surface area (Å²) in [6, 6.07) is 4.58. The molecule has 1 aromatic rings. The van der Waals surface area contributed by atoms with Gasteiger partial charge in [-0.2, -0.15) is 4.31 Å². The lowest BCUT2D eigenvalue weighted by Crippen LogP contribution is -2.40. The highest BCUT2D eigenvalue weighted by atomic mass is 32.2. The average molecular weight is 302 g/mol. The number of carbonyl (C=O) groups is 1. The summed E-state index contributed by atoms with van der Waals surface area (Å²) in [5.74, 6) is -0.806. The van der Waals surface area contributed by atoms with E-state index in [-0.39, 0.29) is 23.9 Å². The van der Waals surface area contributed by atoms with Crippen LogP contribution >= 0.6 is 0 Å². The molecule has 0 aliphatic heterocycles. The topological polar surface area (TPSA) is 57.7 Å². The number of hydrogen-bond acceptors (Lipinski definition) is 3. The molecule has 112 valence electrons. The number of halogens is 1. The van der Waals surface area contributed by atoms with Gasteiger partial charge in [-0.15, -0.1) is 0 Å². The first-order valence-electron chi connectivity index (χ1n) is 6.25. The molecular weight excluding hydrogens is 283 g/mol. The van der Waals surface area contributed by atoms with Crippen LogP contribution in [0.5, 0.6) is 0 Å². The standard InChI is InChI=1S/C13H19FN2O3S/c1-4-9-16(10-13(17)15(2)3)20(18,19)12-7-5-11(14)6-8-12/h5-8H,4,9-10H2,1-3H3. The third kappa shape index (κ3) is 4.01. The van der Waals surface area contributed by atoms with Crippen molar-refractivity contribution in [3.05, 3.63) is 30.1 Å². The molecule has 0 aliphatic rings. The highest BCUT2D eigenvalue weighted by Crippen LogP contribution is 2.16. The monoisotopic (exact) mass is 302 g/mol. The second-order valence-corrected chi connectivity index (χ2v) is 6.52. The molecule has 20 heavy (non-hydrogen) atoms. The van der Waals surface area contributed by atoms with E-state index < -0.39 is 15.8 Å². The summed E-state index contributed by atoms with van der Waals surface area (Å²) in [6.45, 7) is 1.84. The van der Waals surface area contributed by atoms with Gasteiger partial charge < -0.3 is 4.90 Å². The molecule has 7 heteroatoms. The largest absolute Gasteiger partial charge is 0.348 e. The van der Waals surface area contributed by atoms with Crippen LogP contribution in [0.15, 0.2) is 29.2 Å². The Kier molecular flexibility index (Phi) is 5.64. The van der Waals surface area contributed by atoms with Gasteiger partial charge in [0.05, 0.1) is 11.4 Å². The number of nitrogens with zero attached hydrogens (tertiary/aromatic N) is 2. The molecular formula is C13H19FN2O3S. The maximum atomic E-state index is 12.9. The van der Waals surface area contributed by atoms with Crippen LogP contribution in [0.2, 0.25) is 0 Å². The van der Waals surface area contributed by atoms with E-state index in [2.05, 4.69) is 0 Å². The van der Waals surface area contributed by atoms with Crippen molar-refractivity contribution in [2.75, 3.05) is 27.2 Å². The van der Waals surface area contributed by atoms with Crippen molar-refractivity contribution in [1.82, 2.24) is 9.21 Å². The molecule has 1 aromatic carbocycles. The SMILES string of the molecule is CCCN(CC(=O)N(C)C)S(=O)(=O)c1ccc(F)cc1. The minimum atomic E-state index is -3.79. The van der Waals surface area contributed by atoms with Crippen LogP contribution in [-0.2, 0) is 14.8 Å². The fourth-order valence-electron chi connectivity index (χ4n) is 1.58. The third-order valence-electron chi connectivity index (χ3n) is 2.73. The molecule has 1 amide bonds. The zero-order chi connectivity index (χ0) is 15.3. The van der Waals surface area contributed by atoms with Gasteiger partial charge in [-0.05, 0) is 30.7 Å². The van der Waals surface area contributed by atoms with Crippen molar-refractivity contribution in [2.45, 2.75) is 18.2 Å². The van der Waals surface area contributed by atoms with Crippen molar-refractivity contribution >= 4 is 15.9 Å². The van der Waals surface area contributed by atoms with Gasteiger partial charge in [-0.3, -0.25) is 4.79 Å². The Labute approximate surface area is 119 Å². The first kappa shape index (κ1) is 16.6. The molecule has 0 spiro atoms. The number of carbonyl (C=O) groups excluding carboxylic acids is 1. The van der Waals surface area contributed by atoms with Crippen LogP contribution in [0, 0.1) is 5.82 Å². The normalized spacial score (nSPS) is 11.7. The highest BCUT2D eigenvalue weighted by molar-refractivity contribution is 7.89. The molecule has 0 N–H and O–H groups in total. The van der Waals surface area contributed by atoms with E-state index >= 15 is 0 Å². The Morgan fingerprint density at radius 3 is 2.20 bits per heavy atom. The predicted octanol–water partition coefficient (Wildman–Crippen LogP) is 1.31. The number of rotatable bonds is 6. The van der Waals surface area contributed by atoms with Crippen LogP contribution in [0.25, 0.3) is 0 Å². The zero-order valence-electron chi connectivity index (χ0n) is 11.8. The van der Waals surface area contributed by atoms with E-state index in [0.717, 1.165) is 16.4 Å². The van der Waals surface area contributed by atoms with Gasteiger partial charge in [-0.1, -0.05) is 6.92 Å². The summed E-state index contributed by atoms with van der Waals surface area (Å²) in [7, 11) is -0.657. The molecule has 0 aliphatic carbocycles. The van der Waals surface area contributed by atoms with Gasteiger partial charge in [0.1, 0.15) is 5.82 Å². The Morgan fingerprint density at radius 1 is 1.20 bits per heavy atom. The van der Waals surface area contributed by atoms with E-state index in [0.29, 0.717) is 6.42 Å². The zero-order valence-corrected chi connectivity index (χ0v) is 12.7. The second kappa shape index (κ2) is 6.81. The molecule has 0 atom stereocenters. The second-order valence-electron chi connectivity index (χ2n) is 4.58. The van der Waals surface area contributed by atoms with E-state index in [9.17, 15) is 17.6 Å². The molecule has 0 heterocycles. The van der Waals surface area contributed by atoms with Gasteiger partial charge >= 0.3 is 0 Å². The lowest BCUT2D eigenvalue weighted by Gasteiger charge is -2.22. The minimum absolute atomic E-state index is 0.0149. The third-order valence-corrected chi connectivity index (χ3v) is 4.59. The van der Waals surface area contributed by atoms with Crippen LogP contribution < -0.4 is 0 Å². The minimum Gasteiger partial charge on any atom is -0.348 e. The molecule has 1 rings (SSSR count). The molecule has 0 aromatic heterocycles. The van der Waals surface area contributed by atoms with E-state index in [1.807, 2.05) is 6.92 Å². The van der Waals surface area contributed by atoms with Gasteiger partial charge in [0, 0.05) is 20.6 Å². The Hall–Kier alpha value is -1.47. The van der Waals surface area contributed by atoms with Crippen LogP contribution in [0.3, 0.4) is 0 Å². The van der Waals surface area contributed by atoms with Crippen molar-refractivity contribution < 1.29 is 17.6 Å². The van der Waals surface area contributed by atoms with Gasteiger partial charge in [-0.25, -0.2) is 12.8 Å². The Morgan fingerprint density at radius 2 is 1.75 bits per heavy atom. The maximum Gasteiger partial charge on any atom is 0.243 e. The summed E-state index contributed by atoms with van der Waals surface area (Å²) in [5.41, 5.74) is 0. The Bertz CT molecular complexity index is 555. The van der Waals surface area contributed by atoms with E-state index in [1.54, 1.807) is 14.1 Å². The summed E-state index contributed by atoms with van der Waals surface area (Å²) >= 11 is 0. The fraction of sp³-hybridized carbons (Fsp3) is 0.462. The summed E-state index contributed by atoms with van der Waals surface area (Å²) in [4.78, 5) is 13.0. The fourth-order valence-corrected chi connectivity index (χ4v) is 3.06. The number of likely N-dealkylation sites (N-methyl/N-ethyl adjacent to an activating group) is 1. The highest BCUT2D eigenvalue weighted by Gasteiger charge is 2.26. The summed E-state index contributed by atoms with van der Waals surface area (Å²) in [6.07, 6.45) is 0.584. The molecule has 0 saturated carbocycles. The summed E-state index contributed by atoms with van der Waals surface area (Å²) < 4.78 is 38.8. The Balaban J connectivity index is 3.05. The van der Waals surface area contributed by atoms with Crippen molar-refractivity contribution in [2.24, 2.45) is 0 Å². The molecule has 0 bridgehead atoms. The molecule has 0 saturated heterocycles. The first-order valence-corrected chi connectivity index (χ1v) is 7.69. The molecule has 0 radical (unpaired) electrons. The molecule has 5 nitrogen and oxygen atoms in total. The van der Waals surface area contributed by atoms with Gasteiger partial charge in [0.25, 0.3) is 0 Å². The quantitative estimate of drug-likeness (QED) is 0.796. The molecule has 0 unspecified atom stereocenters. The van der Waals surface area contributed by atoms with Gasteiger partial charge in [0.15, 0.2) is 0 Å². The number of hydrogen-bond donors (Lipinski definition) is 0. The smallest absolute Gasteiger partial charge is 0.243 e. The number of benzene rings is 1. The lowest BCUT2D eigenvalue weighted by molar-refractivity contribution is -0.128. The van der Waals surface area contributed by atoms with Crippen LogP contribution in [0.4, 0.5) is 4.39 Å². The first-order chi connectivity index (χ1) is 9.28. The maximum absolute atomic E-state index is 12.9.